The molecule has 170 valence electrons. The van der Waals surface area contributed by atoms with E-state index in [4.69, 9.17) is 4.42 Å². The zero-order valence-electron chi connectivity index (χ0n) is 18.9. The lowest BCUT2D eigenvalue weighted by atomic mass is 9.93. The smallest absolute Gasteiger partial charge is 0.291 e. The van der Waals surface area contributed by atoms with E-state index < -0.39 is 11.7 Å². The number of aryl methyl sites for hydroxylation is 1. The lowest BCUT2D eigenvalue weighted by Gasteiger charge is -2.13. The lowest BCUT2D eigenvalue weighted by molar-refractivity contribution is 0.0949. The molecule has 0 saturated carbocycles. The maximum atomic E-state index is 13.9. The second-order valence-corrected chi connectivity index (χ2v) is 8.42. The van der Waals surface area contributed by atoms with E-state index in [1.54, 1.807) is 13.0 Å². The van der Waals surface area contributed by atoms with Gasteiger partial charge in [-0.1, -0.05) is 38.1 Å². The quantitative estimate of drug-likeness (QED) is 0.501. The Balaban J connectivity index is 1.54. The fraction of sp³-hybridized carbons (Fsp3) is 0.269. The van der Waals surface area contributed by atoms with Crippen LogP contribution < -0.4 is 10.7 Å². The van der Waals surface area contributed by atoms with E-state index in [1.807, 2.05) is 24.3 Å². The number of nitrogens with one attached hydrogen (secondary N) is 2. The predicted molar refractivity (Wildman–Crippen MR) is 125 cm³/mol. The van der Waals surface area contributed by atoms with Crippen LogP contribution >= 0.6 is 0 Å². The van der Waals surface area contributed by atoms with Crippen LogP contribution in [0.1, 0.15) is 76.0 Å². The molecular weight excluding hydrogens is 421 g/mol. The van der Waals surface area contributed by atoms with Gasteiger partial charge in [0.1, 0.15) is 11.6 Å². The third-order valence-electron chi connectivity index (χ3n) is 5.78. The number of halogens is 1. The molecule has 2 aromatic carbocycles. The Morgan fingerprint density at radius 1 is 1.03 bits per heavy atom. The van der Waals surface area contributed by atoms with Crippen LogP contribution in [0.5, 0.6) is 0 Å². The van der Waals surface area contributed by atoms with Gasteiger partial charge in [0, 0.05) is 23.2 Å². The van der Waals surface area contributed by atoms with Crippen molar-refractivity contribution < 1.29 is 18.4 Å². The van der Waals surface area contributed by atoms with Crippen LogP contribution in [-0.2, 0) is 6.42 Å². The van der Waals surface area contributed by atoms with Crippen molar-refractivity contribution in [2.24, 2.45) is 5.10 Å². The number of carbonyl (C=O) groups excluding carboxylic acids is 2. The minimum Gasteiger partial charge on any atom is -0.455 e. The Bertz CT molecular complexity index is 1230. The van der Waals surface area contributed by atoms with Gasteiger partial charge in [-0.05, 0) is 55.5 Å². The summed E-state index contributed by atoms with van der Waals surface area (Å²) < 4.78 is 19.8. The van der Waals surface area contributed by atoms with Crippen LogP contribution in [-0.4, -0.2) is 17.5 Å². The summed E-state index contributed by atoms with van der Waals surface area (Å²) >= 11 is 0. The van der Waals surface area contributed by atoms with E-state index in [9.17, 15) is 14.0 Å². The summed E-state index contributed by atoms with van der Waals surface area (Å²) in [7, 11) is 0. The Kier molecular flexibility index (Phi) is 6.40. The fourth-order valence-corrected chi connectivity index (χ4v) is 3.96. The number of hydrogen-bond donors (Lipinski definition) is 2. The van der Waals surface area contributed by atoms with Gasteiger partial charge in [0.05, 0.1) is 11.3 Å². The number of furan rings is 1. The van der Waals surface area contributed by atoms with Crippen LogP contribution in [0.25, 0.3) is 0 Å². The maximum Gasteiger partial charge on any atom is 0.291 e. The molecule has 7 heteroatoms. The molecule has 0 fully saturated rings. The lowest BCUT2D eigenvalue weighted by Crippen LogP contribution is -2.23. The first kappa shape index (κ1) is 22.5. The van der Waals surface area contributed by atoms with Gasteiger partial charge in [-0.15, -0.1) is 0 Å². The number of nitrogens with zero attached hydrogens (tertiary/aromatic N) is 1. The van der Waals surface area contributed by atoms with Crippen molar-refractivity contribution in [1.82, 2.24) is 5.43 Å². The van der Waals surface area contributed by atoms with Crippen LogP contribution in [0.3, 0.4) is 0 Å². The third-order valence-corrected chi connectivity index (χ3v) is 5.78. The molecule has 33 heavy (non-hydrogen) atoms. The van der Waals surface area contributed by atoms with Crippen LogP contribution in [0, 0.1) is 12.7 Å². The first-order valence-corrected chi connectivity index (χ1v) is 11.0. The normalized spacial score (nSPS) is 14.3. The first-order valence-electron chi connectivity index (χ1n) is 11.0. The van der Waals surface area contributed by atoms with Crippen molar-refractivity contribution in [3.63, 3.8) is 0 Å². The fourth-order valence-electron chi connectivity index (χ4n) is 3.96. The van der Waals surface area contributed by atoms with E-state index in [2.05, 4.69) is 29.7 Å². The summed E-state index contributed by atoms with van der Waals surface area (Å²) in [6, 6.07) is 13.5. The van der Waals surface area contributed by atoms with Gasteiger partial charge in [-0.25, -0.2) is 9.82 Å². The molecule has 0 spiro atoms. The minimum absolute atomic E-state index is 0.0784. The van der Waals surface area contributed by atoms with E-state index in [0.717, 1.165) is 12.0 Å². The number of fused-ring (bicyclic) bond motifs is 1. The molecular formula is C26H26FN3O3. The van der Waals surface area contributed by atoms with E-state index in [-0.39, 0.29) is 17.2 Å². The molecule has 1 aliphatic carbocycles. The minimum atomic E-state index is -0.628. The van der Waals surface area contributed by atoms with Gasteiger partial charge < -0.3 is 9.73 Å². The van der Waals surface area contributed by atoms with Crippen molar-refractivity contribution in [2.45, 2.75) is 46.0 Å². The topological polar surface area (TPSA) is 83.7 Å². The van der Waals surface area contributed by atoms with E-state index in [0.29, 0.717) is 41.5 Å². The van der Waals surface area contributed by atoms with Gasteiger partial charge in [-0.3, -0.25) is 9.59 Å². The summed E-state index contributed by atoms with van der Waals surface area (Å²) in [5.41, 5.74) is 6.25. The second kappa shape index (κ2) is 9.40. The molecule has 0 unspecified atom stereocenters. The average molecular weight is 448 g/mol. The summed E-state index contributed by atoms with van der Waals surface area (Å²) in [6.45, 7) is 6.03. The van der Waals surface area contributed by atoms with Crippen molar-refractivity contribution in [3.8, 4) is 0 Å². The molecule has 0 saturated heterocycles. The molecule has 1 aromatic heterocycles. The van der Waals surface area contributed by atoms with E-state index in [1.165, 1.54) is 23.8 Å². The number of hydrazone groups is 1. The second-order valence-electron chi connectivity index (χ2n) is 8.42. The summed E-state index contributed by atoms with van der Waals surface area (Å²) in [4.78, 5) is 25.3. The standard InChI is InChI=1S/C26H26FN3O3/c1-15(2)17-11-13-18(14-12-17)28-26(32)24-16(3)23-21(9-6-10-22(23)33-24)29-30-25(31)19-7-4-5-8-20(19)27/h4-5,7-8,11-15H,6,9-10H2,1-3H3,(H,28,32)(H,30,31)/b29-21+. The maximum absolute atomic E-state index is 13.9. The number of carbonyl (C=O) groups is 2. The third kappa shape index (κ3) is 4.72. The molecule has 2 amide bonds. The predicted octanol–water partition coefficient (Wildman–Crippen LogP) is 5.57. The summed E-state index contributed by atoms with van der Waals surface area (Å²) in [5.74, 6) is -0.281. The molecule has 0 radical (unpaired) electrons. The van der Waals surface area contributed by atoms with Crippen LogP contribution in [0.15, 0.2) is 58.0 Å². The Morgan fingerprint density at radius 2 is 1.76 bits per heavy atom. The molecule has 2 N–H and O–H groups in total. The molecule has 6 nitrogen and oxygen atoms in total. The largest absolute Gasteiger partial charge is 0.455 e. The monoisotopic (exact) mass is 447 g/mol. The molecule has 1 heterocycles. The van der Waals surface area contributed by atoms with Crippen molar-refractivity contribution in [2.75, 3.05) is 5.32 Å². The summed E-state index contributed by atoms with van der Waals surface area (Å²) in [6.07, 6.45) is 2.06. The van der Waals surface area contributed by atoms with Crippen LogP contribution in [0.2, 0.25) is 0 Å². The van der Waals surface area contributed by atoms with Gasteiger partial charge in [0.25, 0.3) is 11.8 Å². The van der Waals surface area contributed by atoms with Gasteiger partial charge in [0.15, 0.2) is 5.76 Å². The van der Waals surface area contributed by atoms with Crippen molar-refractivity contribution >= 4 is 23.2 Å². The highest BCUT2D eigenvalue weighted by Crippen LogP contribution is 2.30. The number of benzene rings is 2. The number of anilines is 1. The van der Waals surface area contributed by atoms with E-state index >= 15 is 0 Å². The number of hydrogen-bond acceptors (Lipinski definition) is 4. The zero-order chi connectivity index (χ0) is 23.5. The molecule has 0 aliphatic heterocycles. The highest BCUT2D eigenvalue weighted by Gasteiger charge is 2.28. The molecule has 1 aliphatic rings. The average Bonchev–Trinajstić information content (AvgIpc) is 3.15. The number of rotatable bonds is 5. The van der Waals surface area contributed by atoms with Gasteiger partial charge in [0.2, 0.25) is 0 Å². The first-order chi connectivity index (χ1) is 15.8. The van der Waals surface area contributed by atoms with Gasteiger partial charge >= 0.3 is 0 Å². The SMILES string of the molecule is Cc1c(C(=O)Nc2ccc(C(C)C)cc2)oc2c1/C(=N/NC(=O)c1ccccc1F)CCC2. The molecule has 0 atom stereocenters. The summed E-state index contributed by atoms with van der Waals surface area (Å²) in [5, 5.41) is 7.13. The highest BCUT2D eigenvalue weighted by molar-refractivity contribution is 6.09. The molecule has 4 rings (SSSR count). The van der Waals surface area contributed by atoms with Crippen molar-refractivity contribution in [1.29, 1.82) is 0 Å². The Labute approximate surface area is 191 Å². The van der Waals surface area contributed by atoms with Crippen molar-refractivity contribution in [3.05, 3.63) is 88.1 Å². The Hall–Kier alpha value is -3.74. The highest BCUT2D eigenvalue weighted by atomic mass is 19.1. The number of amides is 2. The Morgan fingerprint density at radius 3 is 2.45 bits per heavy atom. The van der Waals surface area contributed by atoms with Gasteiger partial charge in [-0.2, -0.15) is 5.10 Å². The molecule has 3 aromatic rings. The molecule has 0 bridgehead atoms. The zero-order valence-corrected chi connectivity index (χ0v) is 18.9. The van der Waals surface area contributed by atoms with Crippen LogP contribution in [0.4, 0.5) is 10.1 Å².